The fraction of sp³-hybridized carbons (Fsp3) is 0. The molecule has 1 aromatic heterocycles. The van der Waals surface area contributed by atoms with E-state index in [1.807, 2.05) is 18.2 Å². The van der Waals surface area contributed by atoms with Gasteiger partial charge in [-0.05, 0) is 30.4 Å². The van der Waals surface area contributed by atoms with Crippen molar-refractivity contribution in [3.8, 4) is 0 Å². The van der Waals surface area contributed by atoms with Gasteiger partial charge in [-0.15, -0.1) is 0 Å². The van der Waals surface area contributed by atoms with Crippen LogP contribution in [0.4, 0.5) is 0 Å². The molecular weight excluding hydrogens is 198 g/mol. The van der Waals surface area contributed by atoms with E-state index in [0.717, 1.165) is 5.69 Å². The lowest BCUT2D eigenvalue weighted by Crippen LogP contribution is -2.21. The fourth-order valence-electron chi connectivity index (χ4n) is 1.09. The quantitative estimate of drug-likeness (QED) is 0.515. The van der Waals surface area contributed by atoms with E-state index in [4.69, 9.17) is 12.2 Å². The van der Waals surface area contributed by atoms with E-state index in [9.17, 15) is 4.79 Å². The smallest absolute Gasteiger partial charge is 0.273 e. The second-order valence-electron chi connectivity index (χ2n) is 2.72. The van der Waals surface area contributed by atoms with Gasteiger partial charge >= 0.3 is 0 Å². The third kappa shape index (κ3) is 1.77. The van der Waals surface area contributed by atoms with Gasteiger partial charge in [0.25, 0.3) is 5.91 Å². The third-order valence-electron chi connectivity index (χ3n) is 1.70. The van der Waals surface area contributed by atoms with Crippen molar-refractivity contribution < 1.29 is 4.79 Å². The van der Waals surface area contributed by atoms with Gasteiger partial charge in [-0.2, -0.15) is 0 Å². The third-order valence-corrected chi connectivity index (χ3v) is 1.90. The van der Waals surface area contributed by atoms with Crippen molar-refractivity contribution in [1.82, 2.24) is 15.6 Å². The average Bonchev–Trinajstić information content (AvgIpc) is 2.47. The molecule has 0 atom stereocenters. The van der Waals surface area contributed by atoms with E-state index in [1.165, 1.54) is 0 Å². The van der Waals surface area contributed by atoms with E-state index in [0.29, 0.717) is 10.8 Å². The first-order valence-corrected chi connectivity index (χ1v) is 4.41. The number of carbonyl (C=O) groups is 1. The van der Waals surface area contributed by atoms with Gasteiger partial charge in [0, 0.05) is 6.20 Å². The van der Waals surface area contributed by atoms with E-state index in [1.54, 1.807) is 12.3 Å². The van der Waals surface area contributed by atoms with E-state index >= 15 is 0 Å². The molecule has 0 aliphatic carbocycles. The Morgan fingerprint density at radius 1 is 1.36 bits per heavy atom. The Labute approximate surface area is 86.0 Å². The first-order valence-electron chi connectivity index (χ1n) is 4.01. The number of aromatic nitrogens is 1. The molecule has 0 radical (unpaired) electrons. The molecule has 5 heteroatoms. The Hall–Kier alpha value is -1.75. The molecule has 0 saturated carbocycles. The van der Waals surface area contributed by atoms with E-state index in [-0.39, 0.29) is 5.91 Å². The number of carbonyl (C=O) groups excluding carboxylic acids is 1. The molecule has 1 aromatic rings. The summed E-state index contributed by atoms with van der Waals surface area (Å²) in [7, 11) is 0. The zero-order chi connectivity index (χ0) is 9.97. The highest BCUT2D eigenvalue weighted by molar-refractivity contribution is 7.80. The van der Waals surface area contributed by atoms with Crippen molar-refractivity contribution in [2.45, 2.75) is 0 Å². The summed E-state index contributed by atoms with van der Waals surface area (Å²) in [4.78, 5) is 15.3. The highest BCUT2D eigenvalue weighted by atomic mass is 32.1. The van der Waals surface area contributed by atoms with Crippen molar-refractivity contribution in [3.05, 3.63) is 35.8 Å². The topological polar surface area (TPSA) is 54.0 Å². The minimum atomic E-state index is -0.222. The van der Waals surface area contributed by atoms with Crippen LogP contribution in [0.5, 0.6) is 0 Å². The van der Waals surface area contributed by atoms with Crippen LogP contribution in [0, 0.1) is 0 Å². The number of amides is 1. The minimum absolute atomic E-state index is 0.222. The Bertz CT molecular complexity index is 413. The summed E-state index contributed by atoms with van der Waals surface area (Å²) in [5.41, 5.74) is 1.14. The maximum Gasteiger partial charge on any atom is 0.273 e. The number of rotatable bonds is 1. The monoisotopic (exact) mass is 205 g/mol. The predicted molar refractivity (Wildman–Crippen MR) is 56.1 cm³/mol. The first-order chi connectivity index (χ1) is 6.75. The molecule has 2 heterocycles. The first kappa shape index (κ1) is 8.83. The molecule has 0 unspecified atom stereocenters. The van der Waals surface area contributed by atoms with Crippen LogP contribution in [0.25, 0.3) is 6.08 Å². The van der Waals surface area contributed by atoms with Crippen LogP contribution < -0.4 is 10.6 Å². The van der Waals surface area contributed by atoms with Gasteiger partial charge in [0.2, 0.25) is 0 Å². The van der Waals surface area contributed by atoms with Gasteiger partial charge in [-0.3, -0.25) is 15.1 Å². The van der Waals surface area contributed by atoms with Crippen LogP contribution in [0.15, 0.2) is 30.1 Å². The second kappa shape index (κ2) is 3.55. The van der Waals surface area contributed by atoms with Crippen LogP contribution >= 0.6 is 12.2 Å². The summed E-state index contributed by atoms with van der Waals surface area (Å²) in [5, 5.41) is 5.55. The number of hydrogen-bond donors (Lipinski definition) is 2. The number of nitrogens with one attached hydrogen (secondary N) is 2. The SMILES string of the molecule is O=C1NC(=S)N/C1=C\c1ccccn1. The molecular formula is C9H7N3OS. The van der Waals surface area contributed by atoms with Gasteiger partial charge in [0.15, 0.2) is 5.11 Å². The summed E-state index contributed by atoms with van der Waals surface area (Å²) >= 11 is 4.79. The maximum absolute atomic E-state index is 11.2. The zero-order valence-corrected chi connectivity index (χ0v) is 7.97. The molecule has 70 valence electrons. The Morgan fingerprint density at radius 3 is 2.79 bits per heavy atom. The maximum atomic E-state index is 11.2. The molecule has 1 aliphatic heterocycles. The molecule has 4 nitrogen and oxygen atoms in total. The Kier molecular flexibility index (Phi) is 2.24. The molecule has 14 heavy (non-hydrogen) atoms. The fourth-order valence-corrected chi connectivity index (χ4v) is 1.29. The van der Waals surface area contributed by atoms with Crippen LogP contribution in [0.3, 0.4) is 0 Å². The van der Waals surface area contributed by atoms with Crippen LogP contribution in [-0.4, -0.2) is 16.0 Å². The van der Waals surface area contributed by atoms with Gasteiger partial charge in [0.1, 0.15) is 5.70 Å². The van der Waals surface area contributed by atoms with Crippen molar-refractivity contribution in [2.24, 2.45) is 0 Å². The van der Waals surface area contributed by atoms with Gasteiger partial charge in [0.05, 0.1) is 5.69 Å². The highest BCUT2D eigenvalue weighted by Gasteiger charge is 2.19. The number of thiocarbonyl (C=S) groups is 1. The van der Waals surface area contributed by atoms with Crippen LogP contribution in [0.2, 0.25) is 0 Å². The molecule has 0 bridgehead atoms. The molecule has 1 fully saturated rings. The Balaban J connectivity index is 2.28. The molecule has 1 saturated heterocycles. The summed E-state index contributed by atoms with van der Waals surface area (Å²) in [6.07, 6.45) is 3.31. The summed E-state index contributed by atoms with van der Waals surface area (Å²) in [6, 6.07) is 5.47. The van der Waals surface area contributed by atoms with Gasteiger partial charge < -0.3 is 5.32 Å². The van der Waals surface area contributed by atoms with Crippen molar-refractivity contribution >= 4 is 29.3 Å². The van der Waals surface area contributed by atoms with Crippen LogP contribution in [0.1, 0.15) is 5.69 Å². The minimum Gasteiger partial charge on any atom is -0.328 e. The molecule has 0 spiro atoms. The van der Waals surface area contributed by atoms with Gasteiger partial charge in [-0.25, -0.2) is 0 Å². The molecule has 2 N–H and O–H groups in total. The lowest BCUT2D eigenvalue weighted by atomic mass is 10.3. The largest absolute Gasteiger partial charge is 0.328 e. The summed E-state index contributed by atoms with van der Waals surface area (Å²) < 4.78 is 0. The predicted octanol–water partition coefficient (Wildman–Crippen LogP) is 0.427. The lowest BCUT2D eigenvalue weighted by molar-refractivity contribution is -0.115. The number of pyridine rings is 1. The second-order valence-corrected chi connectivity index (χ2v) is 3.13. The molecule has 1 aliphatic rings. The van der Waals surface area contributed by atoms with Crippen molar-refractivity contribution in [2.75, 3.05) is 0 Å². The molecule has 0 aromatic carbocycles. The number of nitrogens with zero attached hydrogens (tertiary/aromatic N) is 1. The van der Waals surface area contributed by atoms with Crippen molar-refractivity contribution in [3.63, 3.8) is 0 Å². The normalized spacial score (nSPS) is 18.1. The van der Waals surface area contributed by atoms with E-state index < -0.39 is 0 Å². The molecule has 2 rings (SSSR count). The van der Waals surface area contributed by atoms with Gasteiger partial charge in [-0.1, -0.05) is 6.07 Å². The average molecular weight is 205 g/mol. The molecule has 1 amide bonds. The van der Waals surface area contributed by atoms with E-state index in [2.05, 4.69) is 15.6 Å². The zero-order valence-electron chi connectivity index (χ0n) is 7.15. The highest BCUT2D eigenvalue weighted by Crippen LogP contribution is 2.04. The van der Waals surface area contributed by atoms with Crippen molar-refractivity contribution in [1.29, 1.82) is 0 Å². The summed E-state index contributed by atoms with van der Waals surface area (Å²) in [6.45, 7) is 0. The lowest BCUT2D eigenvalue weighted by Gasteiger charge is -1.94. The standard InChI is InChI=1S/C9H7N3OS/c13-8-7(11-9(14)12-8)5-6-3-1-2-4-10-6/h1-5H,(H2,11,12,13,14)/b7-5-. The number of hydrogen-bond acceptors (Lipinski definition) is 3. The summed E-state index contributed by atoms with van der Waals surface area (Å²) in [5.74, 6) is -0.222. The van der Waals surface area contributed by atoms with Crippen LogP contribution in [-0.2, 0) is 4.79 Å². The Morgan fingerprint density at radius 2 is 2.21 bits per heavy atom.